The van der Waals surface area contributed by atoms with Gasteiger partial charge in [0.1, 0.15) is 5.41 Å². The Bertz CT molecular complexity index is 416. The monoisotopic (exact) mass is 280 g/mol. The van der Waals surface area contributed by atoms with E-state index in [0.29, 0.717) is 13.0 Å². The van der Waals surface area contributed by atoms with Gasteiger partial charge >= 0.3 is 0 Å². The maximum Gasteiger partial charge on any atom is 0.233 e. The van der Waals surface area contributed by atoms with E-state index in [9.17, 15) is 13.2 Å². The molecule has 0 aromatic carbocycles. The number of sulfonamides is 1. The summed E-state index contributed by atoms with van der Waals surface area (Å²) >= 11 is 0. The van der Waals surface area contributed by atoms with Crippen LogP contribution in [0, 0.1) is 5.41 Å². The average Bonchev–Trinajstić information content (AvgIpc) is 2.25. The van der Waals surface area contributed by atoms with Crippen molar-refractivity contribution in [3.8, 4) is 0 Å². The van der Waals surface area contributed by atoms with Crippen molar-refractivity contribution in [3.63, 3.8) is 0 Å². The van der Waals surface area contributed by atoms with Crippen LogP contribution in [0.15, 0.2) is 5.16 Å². The van der Waals surface area contributed by atoms with Gasteiger partial charge in [-0.3, -0.25) is 4.79 Å². The second kappa shape index (κ2) is 6.55. The van der Waals surface area contributed by atoms with Crippen molar-refractivity contribution in [3.05, 3.63) is 0 Å². The Morgan fingerprint density at radius 1 is 1.39 bits per heavy atom. The average molecular weight is 280 g/mol. The molecular weight excluding hydrogens is 260 g/mol. The number of carbonyl (C=O) groups excluding carboxylic acids is 1. The normalized spacial score (nSPS) is 13.4. The van der Waals surface area contributed by atoms with E-state index in [1.165, 1.54) is 13.8 Å². The van der Waals surface area contributed by atoms with Gasteiger partial charge in [0, 0.05) is 13.1 Å². The van der Waals surface area contributed by atoms with E-state index in [1.807, 2.05) is 0 Å². The van der Waals surface area contributed by atoms with Gasteiger partial charge in [-0.25, -0.2) is 13.1 Å². The molecule has 8 nitrogen and oxygen atoms in total. The van der Waals surface area contributed by atoms with Crippen LogP contribution in [0.3, 0.4) is 0 Å². The minimum Gasteiger partial charge on any atom is -0.409 e. The summed E-state index contributed by atoms with van der Waals surface area (Å²) in [6, 6.07) is 0. The van der Waals surface area contributed by atoms with Crippen LogP contribution in [0.5, 0.6) is 0 Å². The smallest absolute Gasteiger partial charge is 0.233 e. The van der Waals surface area contributed by atoms with Crippen LogP contribution in [0.4, 0.5) is 0 Å². The first-order chi connectivity index (χ1) is 8.11. The fourth-order valence-corrected chi connectivity index (χ4v) is 1.53. The van der Waals surface area contributed by atoms with Gasteiger partial charge in [0.25, 0.3) is 0 Å². The molecule has 0 aliphatic heterocycles. The number of nitrogens with one attached hydrogen (secondary N) is 2. The summed E-state index contributed by atoms with van der Waals surface area (Å²) in [5.41, 5.74) is 4.27. The number of hydrogen-bond acceptors (Lipinski definition) is 5. The molecule has 0 aliphatic carbocycles. The van der Waals surface area contributed by atoms with E-state index in [-0.39, 0.29) is 12.4 Å². The summed E-state index contributed by atoms with van der Waals surface area (Å²) in [7, 11) is -3.21. The van der Waals surface area contributed by atoms with Gasteiger partial charge in [-0.1, -0.05) is 5.16 Å². The first kappa shape index (κ1) is 16.6. The van der Waals surface area contributed by atoms with Crippen molar-refractivity contribution in [2.45, 2.75) is 20.3 Å². The molecule has 0 atom stereocenters. The molecule has 0 aliphatic rings. The molecule has 0 fully saturated rings. The molecule has 5 N–H and O–H groups in total. The minimum atomic E-state index is -3.21. The summed E-state index contributed by atoms with van der Waals surface area (Å²) in [5.74, 6) is -0.577. The number of carbonyl (C=O) groups is 1. The van der Waals surface area contributed by atoms with E-state index >= 15 is 0 Å². The second-order valence-electron chi connectivity index (χ2n) is 4.39. The molecule has 0 spiro atoms. The first-order valence-corrected chi connectivity index (χ1v) is 7.21. The van der Waals surface area contributed by atoms with Crippen molar-refractivity contribution >= 4 is 21.8 Å². The lowest BCUT2D eigenvalue weighted by Crippen LogP contribution is -2.46. The predicted molar refractivity (Wildman–Crippen MR) is 67.7 cm³/mol. The number of nitrogens with zero attached hydrogens (tertiary/aromatic N) is 1. The molecule has 106 valence electrons. The lowest BCUT2D eigenvalue weighted by Gasteiger charge is -2.21. The van der Waals surface area contributed by atoms with Gasteiger partial charge in [-0.2, -0.15) is 0 Å². The van der Waals surface area contributed by atoms with E-state index < -0.39 is 21.3 Å². The van der Waals surface area contributed by atoms with Crippen LogP contribution in [0.25, 0.3) is 0 Å². The predicted octanol–water partition coefficient (Wildman–Crippen LogP) is -1.19. The number of hydrogen-bond donors (Lipinski definition) is 4. The van der Waals surface area contributed by atoms with Crippen LogP contribution in [-0.2, 0) is 14.8 Å². The fourth-order valence-electron chi connectivity index (χ4n) is 1.01. The topological polar surface area (TPSA) is 134 Å². The highest BCUT2D eigenvalue weighted by molar-refractivity contribution is 7.88. The van der Waals surface area contributed by atoms with Crippen LogP contribution in [-0.4, -0.2) is 44.7 Å². The van der Waals surface area contributed by atoms with E-state index in [0.717, 1.165) is 6.26 Å². The van der Waals surface area contributed by atoms with E-state index in [2.05, 4.69) is 15.2 Å². The third-order valence-corrected chi connectivity index (χ3v) is 3.05. The zero-order chi connectivity index (χ0) is 14.4. The minimum absolute atomic E-state index is 0.186. The van der Waals surface area contributed by atoms with E-state index in [1.54, 1.807) is 0 Å². The van der Waals surface area contributed by atoms with Crippen LogP contribution >= 0.6 is 0 Å². The molecule has 0 radical (unpaired) electrons. The number of nitrogens with two attached hydrogens (primary N) is 1. The molecule has 0 rings (SSSR count). The Hall–Kier alpha value is -1.35. The SMILES string of the molecule is CC(C)(C(=O)NCCCNS(C)(=O)=O)C(N)=NO. The zero-order valence-electron chi connectivity index (χ0n) is 10.7. The van der Waals surface area contributed by atoms with Crippen molar-refractivity contribution in [1.29, 1.82) is 0 Å². The zero-order valence-corrected chi connectivity index (χ0v) is 11.5. The van der Waals surface area contributed by atoms with Crippen molar-refractivity contribution in [1.82, 2.24) is 10.0 Å². The quantitative estimate of drug-likeness (QED) is 0.153. The number of rotatable bonds is 7. The highest BCUT2D eigenvalue weighted by Crippen LogP contribution is 2.14. The molecule has 0 saturated carbocycles. The van der Waals surface area contributed by atoms with Crippen LogP contribution in [0.2, 0.25) is 0 Å². The summed E-state index contributed by atoms with van der Waals surface area (Å²) in [4.78, 5) is 11.7. The number of amidine groups is 1. The lowest BCUT2D eigenvalue weighted by atomic mass is 9.91. The Morgan fingerprint density at radius 2 is 1.94 bits per heavy atom. The molecule has 0 unspecified atom stereocenters. The van der Waals surface area contributed by atoms with Crippen molar-refractivity contribution in [2.75, 3.05) is 19.3 Å². The molecule has 0 saturated heterocycles. The highest BCUT2D eigenvalue weighted by Gasteiger charge is 2.32. The van der Waals surface area contributed by atoms with Crippen LogP contribution < -0.4 is 15.8 Å². The van der Waals surface area contributed by atoms with Gasteiger partial charge in [-0.05, 0) is 20.3 Å². The summed E-state index contributed by atoms with van der Waals surface area (Å²) in [6.07, 6.45) is 1.51. The molecule has 9 heteroatoms. The third kappa shape index (κ3) is 5.82. The van der Waals surface area contributed by atoms with Crippen LogP contribution in [0.1, 0.15) is 20.3 Å². The van der Waals surface area contributed by atoms with Crippen molar-refractivity contribution in [2.24, 2.45) is 16.3 Å². The lowest BCUT2D eigenvalue weighted by molar-refractivity contribution is -0.126. The number of amides is 1. The largest absolute Gasteiger partial charge is 0.409 e. The molecular formula is C9H20N4O4S. The van der Waals surface area contributed by atoms with Gasteiger partial charge in [-0.15, -0.1) is 0 Å². The van der Waals surface area contributed by atoms with Gasteiger partial charge in [0.2, 0.25) is 15.9 Å². The second-order valence-corrected chi connectivity index (χ2v) is 6.22. The molecule has 0 aromatic heterocycles. The summed E-state index contributed by atoms with van der Waals surface area (Å²) < 4.78 is 23.8. The van der Waals surface area contributed by atoms with Crippen molar-refractivity contribution < 1.29 is 18.4 Å². The first-order valence-electron chi connectivity index (χ1n) is 5.32. The maximum absolute atomic E-state index is 11.7. The maximum atomic E-state index is 11.7. The molecule has 0 bridgehead atoms. The Morgan fingerprint density at radius 3 is 2.39 bits per heavy atom. The Kier molecular flexibility index (Phi) is 6.06. The van der Waals surface area contributed by atoms with Gasteiger partial charge in [0.05, 0.1) is 6.26 Å². The summed E-state index contributed by atoms with van der Waals surface area (Å²) in [5, 5.41) is 13.9. The third-order valence-electron chi connectivity index (χ3n) is 2.32. The Balaban J connectivity index is 4.06. The fraction of sp³-hybridized carbons (Fsp3) is 0.778. The Labute approximate surface area is 107 Å². The molecule has 0 aromatic rings. The molecule has 1 amide bonds. The number of oxime groups is 1. The van der Waals surface area contributed by atoms with E-state index in [4.69, 9.17) is 10.9 Å². The molecule has 18 heavy (non-hydrogen) atoms. The molecule has 0 heterocycles. The highest BCUT2D eigenvalue weighted by atomic mass is 32.2. The van der Waals surface area contributed by atoms with Gasteiger partial charge in [0.15, 0.2) is 5.84 Å². The standard InChI is InChI=1S/C9H20N4O4S/c1-9(2,7(10)13-15)8(14)11-5-4-6-12-18(3,16)17/h12,15H,4-6H2,1-3H3,(H2,10,13)(H,11,14). The summed E-state index contributed by atoms with van der Waals surface area (Å²) in [6.45, 7) is 3.57. The van der Waals surface area contributed by atoms with Gasteiger partial charge < -0.3 is 16.3 Å².